The molecule has 40 heavy (non-hydrogen) atoms. The lowest BCUT2D eigenvalue weighted by Crippen LogP contribution is -2.16. The Labute approximate surface area is 250 Å². The van der Waals surface area contributed by atoms with Crippen LogP contribution < -0.4 is 0 Å². The Morgan fingerprint density at radius 3 is 1.62 bits per heavy atom. The average Bonchev–Trinajstić information content (AvgIpc) is 2.89. The van der Waals surface area contributed by atoms with Crippen LogP contribution in [0.1, 0.15) is 170 Å². The zero-order valence-corrected chi connectivity index (χ0v) is 27.8. The summed E-state index contributed by atoms with van der Waals surface area (Å²) in [5.74, 6) is -0.0495. The fourth-order valence-electron chi connectivity index (χ4n) is 4.72. The predicted molar refractivity (Wildman–Crippen MR) is 179 cm³/mol. The lowest BCUT2D eigenvalue weighted by atomic mass is 10.0. The van der Waals surface area contributed by atoms with E-state index in [2.05, 4.69) is 84.9 Å². The summed E-state index contributed by atoms with van der Waals surface area (Å²) in [4.78, 5) is 12.7. The summed E-state index contributed by atoms with van der Waals surface area (Å²) in [5.41, 5.74) is 5.38. The summed E-state index contributed by atoms with van der Waals surface area (Å²) in [6.07, 6.45) is 35.5. The molecule has 0 heterocycles. The second kappa shape index (κ2) is 27.3. The molecule has 0 fully saturated rings. The van der Waals surface area contributed by atoms with Crippen molar-refractivity contribution in [2.24, 2.45) is 0 Å². The fourth-order valence-corrected chi connectivity index (χ4v) is 4.72. The normalized spacial score (nSPS) is 13.0. The van der Waals surface area contributed by atoms with Crippen molar-refractivity contribution in [2.75, 3.05) is 0 Å². The molecule has 2 nitrogen and oxygen atoms in total. The highest BCUT2D eigenvalue weighted by Crippen LogP contribution is 2.16. The van der Waals surface area contributed by atoms with Gasteiger partial charge < -0.3 is 4.74 Å². The van der Waals surface area contributed by atoms with E-state index in [0.717, 1.165) is 44.9 Å². The molecule has 0 saturated carbocycles. The Balaban J connectivity index is 4.36. The SMILES string of the molecule is CCCCCCCCC=CCCCCCCCC(=O)OC(C=C(C)CCC=C(C)C)CC=C(C)CCC=C(C)C. The molecule has 0 aromatic heterocycles. The monoisotopic (exact) mass is 555 g/mol. The van der Waals surface area contributed by atoms with Gasteiger partial charge in [-0.15, -0.1) is 0 Å². The second-order valence-electron chi connectivity index (χ2n) is 12.3. The molecule has 1 unspecified atom stereocenters. The van der Waals surface area contributed by atoms with Gasteiger partial charge in [0.1, 0.15) is 6.10 Å². The van der Waals surface area contributed by atoms with E-state index in [1.54, 1.807) is 0 Å². The molecular formula is C38H66O2. The Hall–Kier alpha value is -1.83. The summed E-state index contributed by atoms with van der Waals surface area (Å²) in [6, 6.07) is 0. The fraction of sp³-hybridized carbons (Fsp3) is 0.711. The number of carbonyl (C=O) groups is 1. The van der Waals surface area contributed by atoms with Gasteiger partial charge in [-0.1, -0.05) is 111 Å². The van der Waals surface area contributed by atoms with Crippen molar-refractivity contribution in [2.45, 2.75) is 177 Å². The van der Waals surface area contributed by atoms with Crippen molar-refractivity contribution in [3.8, 4) is 0 Å². The van der Waals surface area contributed by atoms with Gasteiger partial charge >= 0.3 is 5.97 Å². The van der Waals surface area contributed by atoms with Crippen LogP contribution in [0.4, 0.5) is 0 Å². The summed E-state index contributed by atoms with van der Waals surface area (Å²) in [7, 11) is 0. The van der Waals surface area contributed by atoms with Gasteiger partial charge in [0.25, 0.3) is 0 Å². The molecule has 2 heteroatoms. The van der Waals surface area contributed by atoms with Gasteiger partial charge in [-0.3, -0.25) is 4.79 Å². The van der Waals surface area contributed by atoms with Crippen molar-refractivity contribution < 1.29 is 9.53 Å². The van der Waals surface area contributed by atoms with E-state index >= 15 is 0 Å². The van der Waals surface area contributed by atoms with E-state index in [-0.39, 0.29) is 12.1 Å². The van der Waals surface area contributed by atoms with E-state index in [1.165, 1.54) is 92.9 Å². The standard InChI is InChI=1S/C38H66O2/c1-8-9-10-11-12-13-14-15-16-17-18-19-20-21-22-29-38(39)40-37(32-36(7)28-24-26-34(4)5)31-30-35(6)27-23-25-33(2)3/h15-16,25-26,30,32,37H,8-14,17-24,27-29,31H2,1-7H3. The zero-order valence-electron chi connectivity index (χ0n) is 27.8. The lowest BCUT2D eigenvalue weighted by molar-refractivity contribution is -0.146. The Kier molecular flexibility index (Phi) is 26.1. The largest absolute Gasteiger partial charge is 0.458 e. The van der Waals surface area contributed by atoms with Crippen LogP contribution in [0.3, 0.4) is 0 Å². The zero-order chi connectivity index (χ0) is 29.8. The molecule has 0 aliphatic heterocycles. The first kappa shape index (κ1) is 38.2. The Bertz CT molecular complexity index is 769. The van der Waals surface area contributed by atoms with Crippen LogP contribution in [0.2, 0.25) is 0 Å². The van der Waals surface area contributed by atoms with Gasteiger partial charge in [0.15, 0.2) is 0 Å². The van der Waals surface area contributed by atoms with Gasteiger partial charge in [-0.2, -0.15) is 0 Å². The van der Waals surface area contributed by atoms with Gasteiger partial charge in [-0.25, -0.2) is 0 Å². The third-order valence-corrected chi connectivity index (χ3v) is 7.28. The van der Waals surface area contributed by atoms with E-state index < -0.39 is 0 Å². The Morgan fingerprint density at radius 2 is 1.07 bits per heavy atom. The highest BCUT2D eigenvalue weighted by atomic mass is 16.5. The highest BCUT2D eigenvalue weighted by Gasteiger charge is 2.12. The van der Waals surface area contributed by atoms with Crippen LogP contribution in [0, 0.1) is 0 Å². The van der Waals surface area contributed by atoms with Crippen molar-refractivity contribution in [1.29, 1.82) is 0 Å². The van der Waals surface area contributed by atoms with Crippen LogP contribution in [0.5, 0.6) is 0 Å². The van der Waals surface area contributed by atoms with Gasteiger partial charge in [0.05, 0.1) is 0 Å². The molecule has 0 bridgehead atoms. The summed E-state index contributed by atoms with van der Waals surface area (Å²) < 4.78 is 5.96. The van der Waals surface area contributed by atoms with Gasteiger partial charge in [0, 0.05) is 12.8 Å². The van der Waals surface area contributed by atoms with Crippen LogP contribution in [-0.4, -0.2) is 12.1 Å². The highest BCUT2D eigenvalue weighted by molar-refractivity contribution is 5.69. The van der Waals surface area contributed by atoms with E-state index in [4.69, 9.17) is 4.74 Å². The summed E-state index contributed by atoms with van der Waals surface area (Å²) >= 11 is 0. The molecule has 0 N–H and O–H groups in total. The van der Waals surface area contributed by atoms with Crippen molar-refractivity contribution in [3.63, 3.8) is 0 Å². The van der Waals surface area contributed by atoms with Crippen LogP contribution in [0.15, 0.2) is 58.7 Å². The number of hydrogen-bond donors (Lipinski definition) is 0. The minimum absolute atomic E-state index is 0.0495. The number of ether oxygens (including phenoxy) is 1. The molecule has 0 aliphatic carbocycles. The molecule has 0 rings (SSSR count). The molecule has 0 aromatic carbocycles. The molecule has 0 spiro atoms. The second-order valence-corrected chi connectivity index (χ2v) is 12.3. The maximum absolute atomic E-state index is 12.7. The molecule has 1 atom stereocenters. The minimum Gasteiger partial charge on any atom is -0.458 e. The van der Waals surface area contributed by atoms with Crippen molar-refractivity contribution >= 4 is 5.97 Å². The van der Waals surface area contributed by atoms with E-state index in [1.807, 2.05) is 0 Å². The first-order chi connectivity index (χ1) is 19.2. The molecule has 0 aliphatic rings. The Morgan fingerprint density at radius 1 is 0.575 bits per heavy atom. The molecule has 0 radical (unpaired) electrons. The smallest absolute Gasteiger partial charge is 0.306 e. The third-order valence-electron chi connectivity index (χ3n) is 7.28. The number of esters is 1. The lowest BCUT2D eigenvalue weighted by Gasteiger charge is -2.15. The van der Waals surface area contributed by atoms with Crippen molar-refractivity contribution in [1.82, 2.24) is 0 Å². The quantitative estimate of drug-likeness (QED) is 0.0637. The van der Waals surface area contributed by atoms with Crippen LogP contribution >= 0.6 is 0 Å². The molecule has 0 saturated heterocycles. The first-order valence-electron chi connectivity index (χ1n) is 16.7. The number of unbranched alkanes of at least 4 members (excludes halogenated alkanes) is 11. The topological polar surface area (TPSA) is 26.3 Å². The maximum atomic E-state index is 12.7. The average molecular weight is 555 g/mol. The number of carbonyl (C=O) groups excluding carboxylic acids is 1. The summed E-state index contributed by atoms with van der Waals surface area (Å²) in [5, 5.41) is 0. The molecule has 0 aromatic rings. The van der Waals surface area contributed by atoms with E-state index in [0.29, 0.717) is 6.42 Å². The molecular weight excluding hydrogens is 488 g/mol. The van der Waals surface area contributed by atoms with Crippen LogP contribution in [0.25, 0.3) is 0 Å². The minimum atomic E-state index is -0.166. The van der Waals surface area contributed by atoms with Gasteiger partial charge in [0.2, 0.25) is 0 Å². The number of rotatable bonds is 25. The summed E-state index contributed by atoms with van der Waals surface area (Å²) in [6.45, 7) is 15.2. The van der Waals surface area contributed by atoms with Crippen LogP contribution in [-0.2, 0) is 9.53 Å². The third kappa shape index (κ3) is 27.7. The first-order valence-corrected chi connectivity index (χ1v) is 16.7. The van der Waals surface area contributed by atoms with Crippen molar-refractivity contribution in [3.05, 3.63) is 58.7 Å². The van der Waals surface area contributed by atoms with Gasteiger partial charge in [-0.05, 0) is 105 Å². The molecule has 0 amide bonds. The maximum Gasteiger partial charge on any atom is 0.306 e. The predicted octanol–water partition coefficient (Wildman–Crippen LogP) is 12.7. The van der Waals surface area contributed by atoms with E-state index in [9.17, 15) is 4.79 Å². The number of hydrogen-bond acceptors (Lipinski definition) is 2. The molecule has 230 valence electrons. The number of allylic oxidation sites excluding steroid dienone is 8.